The van der Waals surface area contributed by atoms with Crippen molar-refractivity contribution < 1.29 is 101 Å². The molecular formula is C13H8F21NO2S. The van der Waals surface area contributed by atoms with Crippen LogP contribution in [0.4, 0.5) is 92.2 Å². The number of sulfonamides is 1. The van der Waals surface area contributed by atoms with E-state index >= 15 is 0 Å². The maximum absolute atomic E-state index is 13.6. The van der Waals surface area contributed by atoms with E-state index in [-0.39, 0.29) is 0 Å². The monoisotopic (exact) mass is 641 g/mol. The Morgan fingerprint density at radius 1 is 0.447 bits per heavy atom. The average molecular weight is 641 g/mol. The van der Waals surface area contributed by atoms with Crippen LogP contribution in [0.3, 0.4) is 0 Å². The minimum Gasteiger partial charge on any atom is -0.210 e. The van der Waals surface area contributed by atoms with Crippen LogP contribution < -0.4 is 4.72 Å². The summed E-state index contributed by atoms with van der Waals surface area (Å²) in [4.78, 5) is 0. The SMILES string of the molecule is CCCNS(=O)(=O)C(F)(F)C(F)(F)C(F)(F)C(F)(F)C(F)(F)C(F)(F)C(F)(F)C(F)(F)C(F)(F)C(F)(F)F. The first kappa shape index (κ1) is 36.4. The third kappa shape index (κ3) is 4.41. The molecule has 1 N–H and O–H groups in total. The van der Waals surface area contributed by atoms with Crippen LogP contribution in [-0.4, -0.2) is 73.8 Å². The van der Waals surface area contributed by atoms with Gasteiger partial charge in [0.05, 0.1) is 0 Å². The van der Waals surface area contributed by atoms with Crippen LogP contribution in [0.5, 0.6) is 0 Å². The topological polar surface area (TPSA) is 46.2 Å². The highest BCUT2D eigenvalue weighted by Crippen LogP contribution is 2.66. The number of halogens is 21. The van der Waals surface area contributed by atoms with Gasteiger partial charge in [0.25, 0.3) is 10.0 Å². The molecule has 0 rings (SSSR count). The highest BCUT2D eigenvalue weighted by Gasteiger charge is 2.98. The van der Waals surface area contributed by atoms with Gasteiger partial charge in [-0.25, -0.2) is 13.1 Å². The molecule has 25 heteroatoms. The van der Waals surface area contributed by atoms with Crippen molar-refractivity contribution in [3.05, 3.63) is 0 Å². The number of nitrogens with one attached hydrogen (secondary N) is 1. The lowest BCUT2D eigenvalue weighted by molar-refractivity contribution is -0.472. The smallest absolute Gasteiger partial charge is 0.210 e. The minimum atomic E-state index is -9.32. The Kier molecular flexibility index (Phi) is 8.86. The fraction of sp³-hybridized carbons (Fsp3) is 1.00. The molecule has 0 aliphatic rings. The summed E-state index contributed by atoms with van der Waals surface area (Å²) in [5.74, 6) is -72.0. The van der Waals surface area contributed by atoms with Crippen molar-refractivity contribution in [1.82, 2.24) is 4.72 Å². The highest BCUT2D eigenvalue weighted by atomic mass is 32.2. The molecule has 0 aromatic carbocycles. The summed E-state index contributed by atoms with van der Waals surface area (Å²) >= 11 is 0. The molecule has 0 heterocycles. The molecule has 0 amide bonds. The molecule has 0 spiro atoms. The van der Waals surface area contributed by atoms with Crippen LogP contribution >= 0.6 is 0 Å². The van der Waals surface area contributed by atoms with Crippen molar-refractivity contribution in [3.8, 4) is 0 Å². The Hall–Kier alpha value is -1.56. The molecule has 0 bridgehead atoms. The van der Waals surface area contributed by atoms with Crippen molar-refractivity contribution in [3.63, 3.8) is 0 Å². The Balaban J connectivity index is 7.18. The van der Waals surface area contributed by atoms with E-state index in [1.807, 2.05) is 0 Å². The zero-order valence-corrected chi connectivity index (χ0v) is 17.9. The van der Waals surface area contributed by atoms with Gasteiger partial charge in [-0.05, 0) is 6.42 Å². The van der Waals surface area contributed by atoms with E-state index in [0.29, 0.717) is 4.72 Å². The molecule has 0 aliphatic carbocycles. The summed E-state index contributed by atoms with van der Waals surface area (Å²) in [6.07, 6.45) is -8.71. The summed E-state index contributed by atoms with van der Waals surface area (Å²) in [6, 6.07) is 0. The first-order valence-corrected chi connectivity index (χ1v) is 10.0. The Labute approximate surface area is 195 Å². The second-order valence-corrected chi connectivity index (χ2v) is 8.82. The first-order valence-electron chi connectivity index (χ1n) is 8.52. The normalized spacial score (nSPS) is 16.7. The van der Waals surface area contributed by atoms with E-state index in [4.69, 9.17) is 0 Å². The van der Waals surface area contributed by atoms with Crippen LogP contribution in [0.25, 0.3) is 0 Å². The third-order valence-electron chi connectivity index (χ3n) is 4.36. The molecule has 0 fully saturated rings. The second-order valence-electron chi connectivity index (χ2n) is 7.01. The second kappa shape index (κ2) is 9.24. The summed E-state index contributed by atoms with van der Waals surface area (Å²) in [7, 11) is -7.36. The van der Waals surface area contributed by atoms with Gasteiger partial charge in [0.15, 0.2) is 0 Å². The van der Waals surface area contributed by atoms with Gasteiger partial charge >= 0.3 is 58.8 Å². The van der Waals surface area contributed by atoms with Gasteiger partial charge in [0.2, 0.25) is 0 Å². The molecule has 0 saturated carbocycles. The predicted molar refractivity (Wildman–Crippen MR) is 77.8 cm³/mol. The molecule has 38 heavy (non-hydrogen) atoms. The van der Waals surface area contributed by atoms with Crippen molar-refractivity contribution >= 4 is 10.0 Å². The third-order valence-corrected chi connectivity index (χ3v) is 5.88. The molecule has 0 aromatic heterocycles. The maximum atomic E-state index is 13.6. The lowest BCUT2D eigenvalue weighted by Crippen LogP contribution is -2.77. The minimum absolute atomic E-state index is 0.342. The Bertz CT molecular complexity index is 966. The van der Waals surface area contributed by atoms with Crippen LogP contribution in [0.15, 0.2) is 0 Å². The van der Waals surface area contributed by atoms with Crippen LogP contribution in [-0.2, 0) is 10.0 Å². The molecular weight excluding hydrogens is 633 g/mol. The van der Waals surface area contributed by atoms with Gasteiger partial charge in [0.1, 0.15) is 0 Å². The Morgan fingerprint density at radius 2 is 0.684 bits per heavy atom. The number of hydrogen-bond acceptors (Lipinski definition) is 2. The van der Waals surface area contributed by atoms with Gasteiger partial charge < -0.3 is 0 Å². The van der Waals surface area contributed by atoms with Gasteiger partial charge in [0, 0.05) is 6.54 Å². The van der Waals surface area contributed by atoms with E-state index in [9.17, 15) is 101 Å². The van der Waals surface area contributed by atoms with Crippen LogP contribution in [0.2, 0.25) is 0 Å². The highest BCUT2D eigenvalue weighted by molar-refractivity contribution is 7.90. The van der Waals surface area contributed by atoms with Crippen molar-refractivity contribution in [1.29, 1.82) is 0 Å². The standard InChI is InChI=1S/C13H8F21NO2S/c1-2-3-35-38(36,37)13(33,34)11(28,29)9(24,25)7(20,21)5(16,17)4(14,15)6(18,19)8(22,23)10(26,27)12(30,31)32/h35H,2-3H2,1H3. The summed E-state index contributed by atoms with van der Waals surface area (Å²) < 4.78 is 299. The predicted octanol–water partition coefficient (Wildman–Crippen LogP) is 6.55. The van der Waals surface area contributed by atoms with Crippen molar-refractivity contribution in [2.75, 3.05) is 6.54 Å². The van der Waals surface area contributed by atoms with Gasteiger partial charge in [-0.2, -0.15) is 92.2 Å². The molecule has 0 unspecified atom stereocenters. The molecule has 0 radical (unpaired) electrons. The lowest BCUT2D eigenvalue weighted by atomic mass is 9.87. The number of alkyl halides is 21. The van der Waals surface area contributed by atoms with Gasteiger partial charge in [-0.15, -0.1) is 0 Å². The summed E-state index contributed by atoms with van der Waals surface area (Å²) in [5, 5.41) is -7.72. The maximum Gasteiger partial charge on any atom is 0.460 e. The molecule has 0 aromatic rings. The number of hydrogen-bond donors (Lipinski definition) is 1. The Morgan fingerprint density at radius 3 is 0.921 bits per heavy atom. The lowest BCUT2D eigenvalue weighted by Gasteiger charge is -2.44. The zero-order chi connectivity index (χ0) is 31.6. The van der Waals surface area contributed by atoms with Gasteiger partial charge in [-0.1, -0.05) is 6.92 Å². The largest absolute Gasteiger partial charge is 0.460 e. The number of rotatable bonds is 12. The van der Waals surface area contributed by atoms with Crippen molar-refractivity contribution in [2.45, 2.75) is 72.2 Å². The summed E-state index contributed by atoms with van der Waals surface area (Å²) in [6.45, 7) is -0.526. The first-order chi connectivity index (χ1) is 16.1. The van der Waals surface area contributed by atoms with E-state index in [0.717, 1.165) is 6.92 Å². The van der Waals surface area contributed by atoms with Crippen LogP contribution in [0, 0.1) is 0 Å². The summed E-state index contributed by atoms with van der Waals surface area (Å²) in [5.41, 5.74) is 0. The van der Waals surface area contributed by atoms with E-state index in [1.54, 1.807) is 0 Å². The fourth-order valence-corrected chi connectivity index (χ4v) is 3.16. The quantitative estimate of drug-likeness (QED) is 0.246. The zero-order valence-electron chi connectivity index (χ0n) is 17.1. The molecule has 0 saturated heterocycles. The average Bonchev–Trinajstić information content (AvgIpc) is 2.69. The molecule has 0 atom stereocenters. The van der Waals surface area contributed by atoms with E-state index in [1.165, 1.54) is 0 Å². The van der Waals surface area contributed by atoms with Crippen LogP contribution in [0.1, 0.15) is 13.3 Å². The fourth-order valence-electron chi connectivity index (χ4n) is 2.04. The van der Waals surface area contributed by atoms with Gasteiger partial charge in [-0.3, -0.25) is 0 Å². The molecule has 0 aliphatic heterocycles. The molecule has 230 valence electrons. The van der Waals surface area contributed by atoms with E-state index < -0.39 is 81.8 Å². The van der Waals surface area contributed by atoms with Crippen molar-refractivity contribution in [2.24, 2.45) is 0 Å². The van der Waals surface area contributed by atoms with E-state index in [2.05, 4.69) is 0 Å². The molecule has 3 nitrogen and oxygen atoms in total.